The van der Waals surface area contributed by atoms with E-state index in [1.165, 1.54) is 12.4 Å². The molecule has 3 aromatic carbocycles. The summed E-state index contributed by atoms with van der Waals surface area (Å²) in [4.78, 5) is 12.7. The van der Waals surface area contributed by atoms with Crippen LogP contribution in [0.25, 0.3) is 11.8 Å². The summed E-state index contributed by atoms with van der Waals surface area (Å²) in [5.74, 6) is -0.171. The number of rotatable bonds is 6. The first-order chi connectivity index (χ1) is 14.3. The van der Waals surface area contributed by atoms with Crippen LogP contribution in [0.2, 0.25) is 0 Å². The Balaban J connectivity index is 1.52. The first-order valence-electron chi connectivity index (χ1n) is 9.21. The smallest absolute Gasteiger partial charge is 0.244 e. The summed E-state index contributed by atoms with van der Waals surface area (Å²) in [6.45, 7) is 0. The maximum absolute atomic E-state index is 12.7. The van der Waals surface area contributed by atoms with Crippen molar-refractivity contribution in [1.29, 1.82) is 0 Å². The van der Waals surface area contributed by atoms with Gasteiger partial charge in [-0.15, -0.1) is 5.10 Å². The van der Waals surface area contributed by atoms with Gasteiger partial charge in [0.25, 0.3) is 0 Å². The van der Waals surface area contributed by atoms with Gasteiger partial charge in [-0.25, -0.2) is 4.68 Å². The minimum absolute atomic E-state index is 0.171. The quantitative estimate of drug-likeness (QED) is 0.518. The average Bonchev–Trinajstić information content (AvgIpc) is 3.33. The van der Waals surface area contributed by atoms with Gasteiger partial charge in [-0.2, -0.15) is 0 Å². The van der Waals surface area contributed by atoms with Gasteiger partial charge in [0.2, 0.25) is 5.91 Å². The van der Waals surface area contributed by atoms with E-state index in [-0.39, 0.29) is 11.9 Å². The zero-order chi connectivity index (χ0) is 19.9. The standard InChI is InChI=1S/C23H19N5O/c29-22(15-14-18-8-7-13-21(16-18)28-17-24-26-27-28)25-23(19-9-3-1-4-10-19)20-11-5-2-6-12-20/h1-17,23H,(H,25,29)/b15-14+. The van der Waals surface area contributed by atoms with Crippen LogP contribution >= 0.6 is 0 Å². The molecule has 0 saturated heterocycles. The monoisotopic (exact) mass is 381 g/mol. The Labute approximate surface area is 168 Å². The topological polar surface area (TPSA) is 72.7 Å². The number of carbonyl (C=O) groups is 1. The highest BCUT2D eigenvalue weighted by Crippen LogP contribution is 2.21. The first-order valence-corrected chi connectivity index (χ1v) is 9.21. The summed E-state index contributed by atoms with van der Waals surface area (Å²) < 4.78 is 1.57. The fourth-order valence-corrected chi connectivity index (χ4v) is 3.06. The number of aromatic nitrogens is 4. The Morgan fingerprint density at radius 1 is 0.897 bits per heavy atom. The molecule has 29 heavy (non-hydrogen) atoms. The third-order valence-corrected chi connectivity index (χ3v) is 4.46. The van der Waals surface area contributed by atoms with Crippen molar-refractivity contribution in [2.75, 3.05) is 0 Å². The number of amides is 1. The van der Waals surface area contributed by atoms with Crippen molar-refractivity contribution in [3.63, 3.8) is 0 Å². The van der Waals surface area contributed by atoms with E-state index in [4.69, 9.17) is 0 Å². The van der Waals surface area contributed by atoms with Crippen LogP contribution in [0.3, 0.4) is 0 Å². The lowest BCUT2D eigenvalue weighted by molar-refractivity contribution is -0.116. The highest BCUT2D eigenvalue weighted by Gasteiger charge is 2.15. The van der Waals surface area contributed by atoms with Gasteiger partial charge in [-0.3, -0.25) is 4.79 Å². The molecule has 0 saturated carbocycles. The summed E-state index contributed by atoms with van der Waals surface area (Å²) in [5.41, 5.74) is 3.76. The second-order valence-corrected chi connectivity index (χ2v) is 6.45. The fourth-order valence-electron chi connectivity index (χ4n) is 3.06. The van der Waals surface area contributed by atoms with Gasteiger partial charge < -0.3 is 5.32 Å². The predicted molar refractivity (Wildman–Crippen MR) is 111 cm³/mol. The van der Waals surface area contributed by atoms with Crippen LogP contribution in [-0.4, -0.2) is 26.1 Å². The largest absolute Gasteiger partial charge is 0.342 e. The zero-order valence-electron chi connectivity index (χ0n) is 15.6. The molecule has 0 aliphatic heterocycles. The van der Waals surface area contributed by atoms with Crippen LogP contribution in [0.15, 0.2) is 97.3 Å². The Kier molecular flexibility index (Phi) is 5.53. The van der Waals surface area contributed by atoms with Crippen LogP contribution in [0, 0.1) is 0 Å². The van der Waals surface area contributed by atoms with Crippen LogP contribution in [-0.2, 0) is 4.79 Å². The molecule has 6 heteroatoms. The number of hydrogen-bond donors (Lipinski definition) is 1. The van der Waals surface area contributed by atoms with E-state index in [0.29, 0.717) is 0 Å². The van der Waals surface area contributed by atoms with Crippen molar-refractivity contribution in [2.45, 2.75) is 6.04 Å². The summed E-state index contributed by atoms with van der Waals surface area (Å²) in [6, 6.07) is 27.3. The molecule has 1 heterocycles. The molecule has 0 aliphatic carbocycles. The molecule has 1 N–H and O–H groups in total. The van der Waals surface area contributed by atoms with Gasteiger partial charge in [0.05, 0.1) is 11.7 Å². The van der Waals surface area contributed by atoms with Gasteiger partial charge in [0, 0.05) is 6.08 Å². The van der Waals surface area contributed by atoms with Crippen molar-refractivity contribution in [3.8, 4) is 5.69 Å². The van der Waals surface area contributed by atoms with E-state index in [9.17, 15) is 4.79 Å². The third-order valence-electron chi connectivity index (χ3n) is 4.46. The number of carbonyl (C=O) groups excluding carboxylic acids is 1. The van der Waals surface area contributed by atoms with Crippen molar-refractivity contribution >= 4 is 12.0 Å². The molecule has 0 fully saturated rings. The molecule has 1 amide bonds. The fraction of sp³-hybridized carbons (Fsp3) is 0.0435. The highest BCUT2D eigenvalue weighted by molar-refractivity contribution is 5.92. The van der Waals surface area contributed by atoms with Crippen molar-refractivity contribution in [1.82, 2.24) is 25.5 Å². The molecule has 1 aromatic heterocycles. The number of nitrogens with one attached hydrogen (secondary N) is 1. The van der Waals surface area contributed by atoms with E-state index in [1.807, 2.05) is 84.9 Å². The Hall–Kier alpha value is -4.06. The minimum Gasteiger partial charge on any atom is -0.342 e. The number of hydrogen-bond acceptors (Lipinski definition) is 4. The van der Waals surface area contributed by atoms with E-state index >= 15 is 0 Å². The molecular formula is C23H19N5O. The molecule has 4 aromatic rings. The van der Waals surface area contributed by atoms with E-state index in [1.54, 1.807) is 10.8 Å². The van der Waals surface area contributed by atoms with Crippen LogP contribution < -0.4 is 5.32 Å². The Morgan fingerprint density at radius 3 is 2.21 bits per heavy atom. The maximum atomic E-state index is 12.7. The maximum Gasteiger partial charge on any atom is 0.244 e. The average molecular weight is 381 g/mol. The molecule has 0 unspecified atom stereocenters. The van der Waals surface area contributed by atoms with Crippen LogP contribution in [0.5, 0.6) is 0 Å². The Morgan fingerprint density at radius 2 is 1.59 bits per heavy atom. The van der Waals surface area contributed by atoms with Gasteiger partial charge in [0.15, 0.2) is 0 Å². The lowest BCUT2D eigenvalue weighted by Gasteiger charge is -2.19. The first kappa shape index (κ1) is 18.3. The third kappa shape index (κ3) is 4.62. The normalized spacial score (nSPS) is 11.1. The minimum atomic E-state index is -0.220. The van der Waals surface area contributed by atoms with Gasteiger partial charge >= 0.3 is 0 Å². The SMILES string of the molecule is O=C(/C=C/c1cccc(-n2cnnn2)c1)NC(c1ccccc1)c1ccccc1. The summed E-state index contributed by atoms with van der Waals surface area (Å²) in [5, 5.41) is 14.3. The molecule has 142 valence electrons. The second kappa shape index (κ2) is 8.75. The van der Waals surface area contributed by atoms with Crippen molar-refractivity contribution < 1.29 is 4.79 Å². The van der Waals surface area contributed by atoms with E-state index in [2.05, 4.69) is 20.8 Å². The molecule has 0 radical (unpaired) electrons. The number of benzene rings is 3. The van der Waals surface area contributed by atoms with Crippen molar-refractivity contribution in [2.24, 2.45) is 0 Å². The van der Waals surface area contributed by atoms with Crippen LogP contribution in [0.4, 0.5) is 0 Å². The number of tetrazole rings is 1. The second-order valence-electron chi connectivity index (χ2n) is 6.45. The number of nitrogens with zero attached hydrogens (tertiary/aromatic N) is 4. The summed E-state index contributed by atoms with van der Waals surface area (Å²) in [7, 11) is 0. The molecular weight excluding hydrogens is 362 g/mol. The Bertz CT molecular complexity index is 1050. The van der Waals surface area contributed by atoms with E-state index in [0.717, 1.165) is 22.4 Å². The van der Waals surface area contributed by atoms with Gasteiger partial charge in [-0.05, 0) is 45.3 Å². The molecule has 6 nitrogen and oxygen atoms in total. The summed E-state index contributed by atoms with van der Waals surface area (Å²) >= 11 is 0. The lowest BCUT2D eigenvalue weighted by Crippen LogP contribution is -2.27. The van der Waals surface area contributed by atoms with Crippen molar-refractivity contribution in [3.05, 3.63) is 114 Å². The van der Waals surface area contributed by atoms with Crippen LogP contribution in [0.1, 0.15) is 22.7 Å². The lowest BCUT2D eigenvalue weighted by atomic mass is 9.98. The van der Waals surface area contributed by atoms with E-state index < -0.39 is 0 Å². The molecule has 4 rings (SSSR count). The molecule has 0 aliphatic rings. The van der Waals surface area contributed by atoms with Gasteiger partial charge in [-0.1, -0.05) is 72.8 Å². The molecule has 0 spiro atoms. The zero-order valence-corrected chi connectivity index (χ0v) is 15.6. The van der Waals surface area contributed by atoms with Gasteiger partial charge in [0.1, 0.15) is 6.33 Å². The molecule has 0 bridgehead atoms. The highest BCUT2D eigenvalue weighted by atomic mass is 16.1. The molecule has 0 atom stereocenters. The predicted octanol–water partition coefficient (Wildman–Crippen LogP) is 3.58. The summed E-state index contributed by atoms with van der Waals surface area (Å²) in [6.07, 6.45) is 4.84.